The summed E-state index contributed by atoms with van der Waals surface area (Å²) in [5, 5.41) is 0. The normalized spacial score (nSPS) is 18.3. The van der Waals surface area contributed by atoms with Crippen molar-refractivity contribution in [3.8, 4) is 5.75 Å². The summed E-state index contributed by atoms with van der Waals surface area (Å²) in [5.74, 6) is 0.798. The first-order valence-electron chi connectivity index (χ1n) is 6.46. The monoisotopic (exact) mass is 248 g/mol. The molecule has 3 nitrogen and oxygen atoms in total. The second-order valence-corrected chi connectivity index (χ2v) is 4.82. The van der Waals surface area contributed by atoms with Crippen LogP contribution < -0.4 is 4.74 Å². The molecule has 0 aromatic heterocycles. The largest absolute Gasteiger partial charge is 0.497 e. The molecule has 0 bridgehead atoms. The Balaban J connectivity index is 2.27. The van der Waals surface area contributed by atoms with Crippen LogP contribution in [-0.2, 0) is 4.74 Å². The van der Waals surface area contributed by atoms with Crippen LogP contribution in [0.1, 0.15) is 42.5 Å². The van der Waals surface area contributed by atoms with E-state index >= 15 is 0 Å². The van der Waals surface area contributed by atoms with E-state index in [0.717, 1.165) is 25.7 Å². The molecule has 18 heavy (non-hydrogen) atoms. The van der Waals surface area contributed by atoms with Gasteiger partial charge in [0.25, 0.3) is 0 Å². The maximum Gasteiger partial charge on any atom is 0.194 e. The quantitative estimate of drug-likeness (QED) is 0.767. The number of methoxy groups -OCH3 is 2. The van der Waals surface area contributed by atoms with Gasteiger partial charge in [-0.15, -0.1) is 0 Å². The van der Waals surface area contributed by atoms with Crippen molar-refractivity contribution in [2.24, 2.45) is 0 Å². The molecule has 0 amide bonds. The van der Waals surface area contributed by atoms with Crippen LogP contribution in [0.5, 0.6) is 5.75 Å². The van der Waals surface area contributed by atoms with Crippen molar-refractivity contribution in [3.63, 3.8) is 0 Å². The molecule has 1 aromatic carbocycles. The molecule has 0 saturated heterocycles. The average Bonchev–Trinajstić information content (AvgIpc) is 2.47. The molecular weight excluding hydrogens is 228 g/mol. The fourth-order valence-corrected chi connectivity index (χ4v) is 2.67. The Hall–Kier alpha value is -1.35. The summed E-state index contributed by atoms with van der Waals surface area (Å²) in [6.45, 7) is 0. The molecule has 1 aliphatic rings. The predicted octanol–water partition coefficient (Wildman–Crippen LogP) is 3.23. The van der Waals surface area contributed by atoms with Crippen molar-refractivity contribution in [1.82, 2.24) is 0 Å². The molecule has 0 aliphatic heterocycles. The minimum Gasteiger partial charge on any atom is -0.497 e. The zero-order valence-electron chi connectivity index (χ0n) is 11.1. The van der Waals surface area contributed by atoms with Gasteiger partial charge in [0.2, 0.25) is 0 Å². The lowest BCUT2D eigenvalue weighted by molar-refractivity contribution is -0.0194. The summed E-state index contributed by atoms with van der Waals surface area (Å²) in [6.07, 6.45) is 4.95. The highest BCUT2D eigenvalue weighted by molar-refractivity contribution is 6.02. The SMILES string of the molecule is COc1cccc(C(=O)C2(OC)CCCCC2)c1. The third kappa shape index (κ3) is 2.41. The number of hydrogen-bond donors (Lipinski definition) is 0. The minimum absolute atomic E-state index is 0.0867. The second kappa shape index (κ2) is 5.53. The van der Waals surface area contributed by atoms with Crippen molar-refractivity contribution in [1.29, 1.82) is 0 Å². The summed E-state index contributed by atoms with van der Waals surface area (Å²) in [6, 6.07) is 7.31. The Morgan fingerprint density at radius 1 is 1.17 bits per heavy atom. The molecule has 0 heterocycles. The highest BCUT2D eigenvalue weighted by Crippen LogP contribution is 2.34. The summed E-state index contributed by atoms with van der Waals surface area (Å²) in [4.78, 5) is 12.6. The maximum absolute atomic E-state index is 12.6. The first-order chi connectivity index (χ1) is 8.72. The molecular formula is C15H20O3. The number of rotatable bonds is 4. The van der Waals surface area contributed by atoms with Gasteiger partial charge in [-0.2, -0.15) is 0 Å². The van der Waals surface area contributed by atoms with Crippen LogP contribution in [0.15, 0.2) is 24.3 Å². The fraction of sp³-hybridized carbons (Fsp3) is 0.533. The van der Waals surface area contributed by atoms with E-state index in [2.05, 4.69) is 0 Å². The molecule has 1 aromatic rings. The van der Waals surface area contributed by atoms with Crippen molar-refractivity contribution >= 4 is 5.78 Å². The van der Waals surface area contributed by atoms with Crippen molar-refractivity contribution in [3.05, 3.63) is 29.8 Å². The highest BCUT2D eigenvalue weighted by Gasteiger charge is 2.39. The standard InChI is InChI=1S/C15H20O3/c1-17-13-8-6-7-12(11-13)14(16)15(18-2)9-4-3-5-10-15/h6-8,11H,3-5,9-10H2,1-2H3. The number of benzene rings is 1. The molecule has 0 spiro atoms. The summed E-state index contributed by atoms with van der Waals surface area (Å²) >= 11 is 0. The van der Waals surface area contributed by atoms with Crippen molar-refractivity contribution in [2.75, 3.05) is 14.2 Å². The van der Waals surface area contributed by atoms with E-state index in [9.17, 15) is 4.79 Å². The smallest absolute Gasteiger partial charge is 0.194 e. The minimum atomic E-state index is -0.620. The van der Waals surface area contributed by atoms with Crippen LogP contribution in [0.3, 0.4) is 0 Å². The molecule has 1 fully saturated rings. The average molecular weight is 248 g/mol. The van der Waals surface area contributed by atoms with E-state index in [-0.39, 0.29) is 5.78 Å². The van der Waals surface area contributed by atoms with Gasteiger partial charge in [0.1, 0.15) is 11.4 Å². The van der Waals surface area contributed by atoms with Crippen LogP contribution in [0.25, 0.3) is 0 Å². The van der Waals surface area contributed by atoms with Gasteiger partial charge in [0.15, 0.2) is 5.78 Å². The second-order valence-electron chi connectivity index (χ2n) is 4.82. The van der Waals surface area contributed by atoms with E-state index in [1.165, 1.54) is 6.42 Å². The van der Waals surface area contributed by atoms with Gasteiger partial charge in [-0.25, -0.2) is 0 Å². The van der Waals surface area contributed by atoms with Crippen LogP contribution in [-0.4, -0.2) is 25.6 Å². The lowest BCUT2D eigenvalue weighted by Gasteiger charge is -2.34. The number of ketones is 1. The van der Waals surface area contributed by atoms with Gasteiger partial charge < -0.3 is 9.47 Å². The van der Waals surface area contributed by atoms with Gasteiger partial charge in [-0.05, 0) is 25.0 Å². The summed E-state index contributed by atoms with van der Waals surface area (Å²) < 4.78 is 10.7. The molecule has 1 aliphatic carbocycles. The number of hydrogen-bond acceptors (Lipinski definition) is 3. The fourth-order valence-electron chi connectivity index (χ4n) is 2.67. The summed E-state index contributed by atoms with van der Waals surface area (Å²) in [7, 11) is 3.25. The number of ether oxygens (including phenoxy) is 2. The Morgan fingerprint density at radius 3 is 2.50 bits per heavy atom. The van der Waals surface area contributed by atoms with Crippen LogP contribution in [0.2, 0.25) is 0 Å². The van der Waals surface area contributed by atoms with Crippen LogP contribution in [0, 0.1) is 0 Å². The van der Waals surface area contributed by atoms with E-state index in [4.69, 9.17) is 9.47 Å². The number of Topliss-reactive ketones (excluding diaryl/α,β-unsaturated/α-hetero) is 1. The maximum atomic E-state index is 12.6. The molecule has 0 atom stereocenters. The van der Waals surface area contributed by atoms with Gasteiger partial charge in [0, 0.05) is 12.7 Å². The molecule has 0 unspecified atom stereocenters. The lowest BCUT2D eigenvalue weighted by atomic mass is 9.79. The van der Waals surface area contributed by atoms with E-state index < -0.39 is 5.60 Å². The first-order valence-corrected chi connectivity index (χ1v) is 6.46. The Morgan fingerprint density at radius 2 is 1.89 bits per heavy atom. The number of carbonyl (C=O) groups is 1. The van der Waals surface area contributed by atoms with Crippen molar-refractivity contribution in [2.45, 2.75) is 37.7 Å². The van der Waals surface area contributed by atoms with Crippen LogP contribution in [0.4, 0.5) is 0 Å². The Labute approximate surface area is 108 Å². The summed E-state index contributed by atoms with van der Waals surface area (Å²) in [5.41, 5.74) is 0.0584. The molecule has 98 valence electrons. The van der Waals surface area contributed by atoms with Crippen LogP contribution >= 0.6 is 0 Å². The highest BCUT2D eigenvalue weighted by atomic mass is 16.5. The van der Waals surface area contributed by atoms with Gasteiger partial charge in [-0.1, -0.05) is 31.4 Å². The van der Waals surface area contributed by atoms with Gasteiger partial charge in [0.05, 0.1) is 7.11 Å². The first kappa shape index (κ1) is 13.1. The topological polar surface area (TPSA) is 35.5 Å². The van der Waals surface area contributed by atoms with Gasteiger partial charge >= 0.3 is 0 Å². The van der Waals surface area contributed by atoms with E-state index in [1.807, 2.05) is 18.2 Å². The number of carbonyl (C=O) groups excluding carboxylic acids is 1. The van der Waals surface area contributed by atoms with Gasteiger partial charge in [-0.3, -0.25) is 4.79 Å². The Bertz CT molecular complexity index is 420. The predicted molar refractivity (Wildman–Crippen MR) is 70.1 cm³/mol. The molecule has 1 saturated carbocycles. The Kier molecular flexibility index (Phi) is 4.02. The zero-order valence-corrected chi connectivity index (χ0v) is 11.1. The zero-order chi connectivity index (χ0) is 13.0. The molecule has 2 rings (SSSR count). The third-order valence-electron chi connectivity index (χ3n) is 3.80. The molecule has 3 heteroatoms. The van der Waals surface area contributed by atoms with Crippen molar-refractivity contribution < 1.29 is 14.3 Å². The van der Waals surface area contributed by atoms with E-state index in [1.54, 1.807) is 20.3 Å². The lowest BCUT2D eigenvalue weighted by Crippen LogP contribution is -2.42. The molecule has 0 radical (unpaired) electrons. The van der Waals surface area contributed by atoms with E-state index in [0.29, 0.717) is 11.3 Å². The molecule has 0 N–H and O–H groups in total. The third-order valence-corrected chi connectivity index (χ3v) is 3.80.